The number of nitrogens with zero attached hydrogens (tertiary/aromatic N) is 4. The molecule has 0 aliphatic carbocycles. The maximum Gasteiger partial charge on any atom is 0.300 e. The molecule has 0 radical (unpaired) electrons. The Balaban J connectivity index is 2.08. The number of aryl methyl sites for hydroxylation is 1. The number of ether oxygens (including phenoxy) is 1. The lowest BCUT2D eigenvalue weighted by Crippen LogP contribution is -2.16. The van der Waals surface area contributed by atoms with Gasteiger partial charge in [0.1, 0.15) is 5.75 Å². The van der Waals surface area contributed by atoms with Crippen LogP contribution in [0.25, 0.3) is 10.2 Å². The van der Waals surface area contributed by atoms with Crippen LogP contribution >= 0.6 is 11.3 Å². The summed E-state index contributed by atoms with van der Waals surface area (Å²) in [5, 5.41) is 4.38. The van der Waals surface area contributed by atoms with E-state index in [1.165, 1.54) is 11.3 Å². The number of benzene rings is 1. The smallest absolute Gasteiger partial charge is 0.300 e. The summed E-state index contributed by atoms with van der Waals surface area (Å²) in [6.45, 7) is 8.84. The first-order chi connectivity index (χ1) is 12.9. The quantitative estimate of drug-likeness (QED) is 0.634. The van der Waals surface area contributed by atoms with E-state index in [-0.39, 0.29) is 11.9 Å². The Morgan fingerprint density at radius 1 is 1.41 bits per heavy atom. The molecule has 0 fully saturated rings. The van der Waals surface area contributed by atoms with Gasteiger partial charge in [0.25, 0.3) is 5.91 Å². The van der Waals surface area contributed by atoms with Gasteiger partial charge in [-0.3, -0.25) is 9.48 Å². The second kappa shape index (κ2) is 7.80. The molecule has 140 valence electrons. The third-order valence-electron chi connectivity index (χ3n) is 4.04. The molecule has 1 aromatic carbocycles. The van der Waals surface area contributed by atoms with Crippen LogP contribution in [-0.4, -0.2) is 26.9 Å². The normalized spacial score (nSPS) is 11.9. The van der Waals surface area contributed by atoms with E-state index in [9.17, 15) is 4.79 Å². The largest absolute Gasteiger partial charge is 0.494 e. The zero-order chi connectivity index (χ0) is 19.6. The van der Waals surface area contributed by atoms with Crippen molar-refractivity contribution < 1.29 is 9.53 Å². The molecule has 3 rings (SSSR count). The summed E-state index contributed by atoms with van der Waals surface area (Å²) in [4.78, 5) is 17.5. The second-order valence-corrected chi connectivity index (χ2v) is 7.37. The van der Waals surface area contributed by atoms with Gasteiger partial charge in [-0.2, -0.15) is 10.1 Å². The number of fused-ring (bicyclic) bond motifs is 1. The van der Waals surface area contributed by atoms with Gasteiger partial charge in [-0.25, -0.2) is 0 Å². The molecular weight excluding hydrogens is 360 g/mol. The average molecular weight is 382 g/mol. The summed E-state index contributed by atoms with van der Waals surface area (Å²) >= 11 is 1.41. The predicted octanol–water partition coefficient (Wildman–Crippen LogP) is 3.56. The van der Waals surface area contributed by atoms with E-state index in [0.717, 1.165) is 21.7 Å². The van der Waals surface area contributed by atoms with E-state index < -0.39 is 0 Å². The van der Waals surface area contributed by atoms with Crippen molar-refractivity contribution in [2.24, 2.45) is 4.99 Å². The molecule has 0 aliphatic rings. The number of rotatable bonds is 5. The third-order valence-corrected chi connectivity index (χ3v) is 5.08. The number of amides is 1. The fourth-order valence-corrected chi connectivity index (χ4v) is 3.95. The molecule has 3 aromatic rings. The van der Waals surface area contributed by atoms with E-state index in [1.54, 1.807) is 6.07 Å². The van der Waals surface area contributed by atoms with E-state index in [2.05, 4.69) is 16.0 Å². The van der Waals surface area contributed by atoms with Crippen LogP contribution in [0.1, 0.15) is 43.0 Å². The lowest BCUT2D eigenvalue weighted by Gasteiger charge is -2.06. The minimum Gasteiger partial charge on any atom is -0.494 e. The maximum absolute atomic E-state index is 12.7. The number of carbonyl (C=O) groups excluding carboxylic acids is 1. The zero-order valence-electron chi connectivity index (χ0n) is 15.9. The van der Waals surface area contributed by atoms with Crippen molar-refractivity contribution in [3.8, 4) is 18.1 Å². The van der Waals surface area contributed by atoms with Gasteiger partial charge in [0, 0.05) is 11.7 Å². The van der Waals surface area contributed by atoms with Crippen LogP contribution in [0.5, 0.6) is 5.75 Å². The van der Waals surface area contributed by atoms with Crippen LogP contribution in [0.15, 0.2) is 29.3 Å². The van der Waals surface area contributed by atoms with E-state index in [4.69, 9.17) is 11.2 Å². The first-order valence-corrected chi connectivity index (χ1v) is 9.61. The monoisotopic (exact) mass is 382 g/mol. The van der Waals surface area contributed by atoms with Gasteiger partial charge in [-0.05, 0) is 52.0 Å². The summed E-state index contributed by atoms with van der Waals surface area (Å²) < 4.78 is 10.2. The lowest BCUT2D eigenvalue weighted by atomic mass is 10.3. The lowest BCUT2D eigenvalue weighted by molar-refractivity contribution is 0.0992. The molecule has 27 heavy (non-hydrogen) atoms. The maximum atomic E-state index is 12.7. The molecule has 7 heteroatoms. The summed E-state index contributed by atoms with van der Waals surface area (Å²) in [6, 6.07) is 7.72. The second-order valence-electron chi connectivity index (χ2n) is 6.36. The molecule has 0 spiro atoms. The van der Waals surface area contributed by atoms with Crippen LogP contribution in [-0.2, 0) is 6.54 Å². The highest BCUT2D eigenvalue weighted by Crippen LogP contribution is 2.23. The first-order valence-electron chi connectivity index (χ1n) is 8.79. The summed E-state index contributed by atoms with van der Waals surface area (Å²) in [5.41, 5.74) is 2.19. The van der Waals surface area contributed by atoms with Crippen LogP contribution in [0.4, 0.5) is 0 Å². The minimum absolute atomic E-state index is 0.180. The van der Waals surface area contributed by atoms with Crippen molar-refractivity contribution >= 4 is 27.5 Å². The fourth-order valence-electron chi connectivity index (χ4n) is 2.90. The summed E-state index contributed by atoms with van der Waals surface area (Å²) in [7, 11) is 0. The standard InChI is InChI=1S/C20H22N4O2S/c1-6-10-23-17-9-8-15(26-7-2)12-18(17)27-20(23)21-19(25)16-11-14(5)24(22-16)13(3)4/h1,8-9,11-13H,7,10H2,2-5H3. The van der Waals surface area contributed by atoms with Gasteiger partial charge in [-0.15, -0.1) is 6.42 Å². The molecule has 0 saturated carbocycles. The number of aromatic nitrogens is 3. The highest BCUT2D eigenvalue weighted by molar-refractivity contribution is 7.16. The highest BCUT2D eigenvalue weighted by Gasteiger charge is 2.14. The fraction of sp³-hybridized carbons (Fsp3) is 0.350. The van der Waals surface area contributed by atoms with Crippen molar-refractivity contribution in [2.45, 2.75) is 40.3 Å². The van der Waals surface area contributed by atoms with Crippen LogP contribution in [0.3, 0.4) is 0 Å². The van der Waals surface area contributed by atoms with Crippen LogP contribution in [0, 0.1) is 19.3 Å². The number of carbonyl (C=O) groups is 1. The molecule has 0 aliphatic heterocycles. The molecule has 6 nitrogen and oxygen atoms in total. The van der Waals surface area contributed by atoms with Crippen LogP contribution in [0.2, 0.25) is 0 Å². The third kappa shape index (κ3) is 3.81. The molecule has 0 saturated heterocycles. The summed E-state index contributed by atoms with van der Waals surface area (Å²) in [5.74, 6) is 3.04. The Labute approximate surface area is 162 Å². The number of terminal acetylenes is 1. The number of hydrogen-bond acceptors (Lipinski definition) is 4. The summed E-state index contributed by atoms with van der Waals surface area (Å²) in [6.07, 6.45) is 5.52. The number of thiazole rings is 1. The van der Waals surface area contributed by atoms with Gasteiger partial charge in [-0.1, -0.05) is 17.3 Å². The van der Waals surface area contributed by atoms with Crippen molar-refractivity contribution in [3.05, 3.63) is 40.5 Å². The van der Waals surface area contributed by atoms with Crippen LogP contribution < -0.4 is 9.54 Å². The molecule has 1 amide bonds. The van der Waals surface area contributed by atoms with Gasteiger partial charge >= 0.3 is 0 Å². The minimum atomic E-state index is -0.375. The van der Waals surface area contributed by atoms with E-state index in [0.29, 0.717) is 23.6 Å². The van der Waals surface area contributed by atoms with Crippen molar-refractivity contribution in [1.29, 1.82) is 0 Å². The van der Waals surface area contributed by atoms with E-state index in [1.807, 2.05) is 55.1 Å². The highest BCUT2D eigenvalue weighted by atomic mass is 32.1. The van der Waals surface area contributed by atoms with Crippen molar-refractivity contribution in [2.75, 3.05) is 6.61 Å². The SMILES string of the molecule is C#CCn1c(=NC(=O)c2cc(C)n(C(C)C)n2)sc2cc(OCC)ccc21. The van der Waals surface area contributed by atoms with Gasteiger partial charge in [0.05, 0.1) is 23.4 Å². The molecule has 0 N–H and O–H groups in total. The number of hydrogen-bond donors (Lipinski definition) is 0. The van der Waals surface area contributed by atoms with Crippen molar-refractivity contribution in [1.82, 2.24) is 14.3 Å². The Kier molecular flexibility index (Phi) is 5.47. The molecule has 0 atom stereocenters. The Morgan fingerprint density at radius 2 is 2.19 bits per heavy atom. The average Bonchev–Trinajstić information content (AvgIpc) is 3.16. The first kappa shape index (κ1) is 18.9. The Morgan fingerprint density at radius 3 is 2.81 bits per heavy atom. The zero-order valence-corrected chi connectivity index (χ0v) is 16.7. The van der Waals surface area contributed by atoms with Gasteiger partial charge in [0.2, 0.25) is 0 Å². The topological polar surface area (TPSA) is 61.4 Å². The Hall–Kier alpha value is -2.85. The molecule has 0 bridgehead atoms. The molecule has 0 unspecified atom stereocenters. The van der Waals surface area contributed by atoms with Crippen molar-refractivity contribution in [3.63, 3.8) is 0 Å². The van der Waals surface area contributed by atoms with Gasteiger partial charge in [0.15, 0.2) is 10.5 Å². The predicted molar refractivity (Wildman–Crippen MR) is 107 cm³/mol. The molecule has 2 aromatic heterocycles. The molecule has 2 heterocycles. The van der Waals surface area contributed by atoms with E-state index >= 15 is 0 Å². The van der Waals surface area contributed by atoms with Gasteiger partial charge < -0.3 is 9.30 Å². The molecular formula is C20H22N4O2S. The Bertz CT molecular complexity index is 1100.